The third kappa shape index (κ3) is 3.81. The Morgan fingerprint density at radius 3 is 2.37 bits per heavy atom. The van der Waals surface area contributed by atoms with Gasteiger partial charge < -0.3 is 15.7 Å². The van der Waals surface area contributed by atoms with Crippen molar-refractivity contribution in [2.24, 2.45) is 0 Å². The Kier molecular flexibility index (Phi) is 5.49. The molecule has 4 aromatic rings. The summed E-state index contributed by atoms with van der Waals surface area (Å²) in [6.07, 6.45) is 9.24. The summed E-state index contributed by atoms with van der Waals surface area (Å²) in [5.41, 5.74) is 8.15. The number of piperidine rings is 1. The number of anilines is 1. The molecule has 0 spiro atoms. The molecule has 2 aliphatic rings. The number of H-pyrrole nitrogens is 1. The average molecular weight is 517 g/mol. The number of aromatic nitrogens is 8. The van der Waals surface area contributed by atoms with Crippen LogP contribution in [0.2, 0.25) is 0 Å². The summed E-state index contributed by atoms with van der Waals surface area (Å²) >= 11 is 0. The van der Waals surface area contributed by atoms with E-state index in [0.29, 0.717) is 46.7 Å². The minimum atomic E-state index is -1.17. The minimum Gasteiger partial charge on any atom is -0.383 e. The normalized spacial score (nSPS) is 21.3. The molecule has 2 fully saturated rings. The number of hydrogen-bond donors (Lipinski definition) is 3. The Hall–Kier alpha value is -4.26. The van der Waals surface area contributed by atoms with Gasteiger partial charge in [-0.15, -0.1) is 0 Å². The van der Waals surface area contributed by atoms with E-state index in [1.54, 1.807) is 32.4 Å². The van der Waals surface area contributed by atoms with E-state index in [-0.39, 0.29) is 41.3 Å². The second-order valence-electron chi connectivity index (χ2n) is 10.6. The van der Waals surface area contributed by atoms with Crippen LogP contribution in [0.1, 0.15) is 84.9 Å². The molecule has 4 aromatic heterocycles. The van der Waals surface area contributed by atoms with E-state index < -0.39 is 5.60 Å². The number of ketones is 1. The molecule has 0 aliphatic carbocycles. The molecule has 2 aliphatic heterocycles. The molecule has 0 radical (unpaired) electrons. The fourth-order valence-electron chi connectivity index (χ4n) is 5.84. The molecule has 13 nitrogen and oxygen atoms in total. The van der Waals surface area contributed by atoms with Crippen LogP contribution in [0, 0.1) is 0 Å². The zero-order valence-corrected chi connectivity index (χ0v) is 21.3. The van der Waals surface area contributed by atoms with E-state index in [2.05, 4.69) is 30.2 Å². The topological polar surface area (TPSA) is 181 Å². The maximum atomic E-state index is 13.1. The molecule has 196 valence electrons. The zero-order chi connectivity index (χ0) is 26.8. The molecule has 2 saturated heterocycles. The number of aromatic amines is 1. The number of nitrogens with zero attached hydrogens (tertiary/aromatic N) is 8. The van der Waals surface area contributed by atoms with E-state index in [1.165, 1.54) is 17.8 Å². The molecule has 13 heteroatoms. The Morgan fingerprint density at radius 1 is 1.11 bits per heavy atom. The average Bonchev–Trinajstić information content (AvgIpc) is 3.61. The molecule has 0 aromatic carbocycles. The van der Waals surface area contributed by atoms with E-state index in [4.69, 9.17) is 10.7 Å². The van der Waals surface area contributed by atoms with Crippen molar-refractivity contribution in [2.45, 2.75) is 70.1 Å². The third-order valence-electron chi connectivity index (χ3n) is 7.54. The van der Waals surface area contributed by atoms with Crippen molar-refractivity contribution in [3.05, 3.63) is 47.8 Å². The molecular formula is C25H28N10O3. The van der Waals surface area contributed by atoms with Gasteiger partial charge >= 0.3 is 0 Å². The number of fused-ring (bicyclic) bond motifs is 3. The largest absolute Gasteiger partial charge is 0.383 e. The Balaban J connectivity index is 1.39. The van der Waals surface area contributed by atoms with Gasteiger partial charge in [0.2, 0.25) is 5.82 Å². The van der Waals surface area contributed by atoms with Crippen molar-refractivity contribution in [3.63, 3.8) is 0 Å². The SMILES string of the molecule is CC(=O)c1c(C2C[C@H]3CC[C@@H](C2)N3C(=O)c2ncn[nH]2)nc2c(-c3cnc(C(C)(C)O)nc3)cnn2c1N. The highest BCUT2D eigenvalue weighted by Crippen LogP contribution is 2.45. The van der Waals surface area contributed by atoms with Gasteiger partial charge in [-0.25, -0.2) is 19.9 Å². The lowest BCUT2D eigenvalue weighted by Crippen LogP contribution is -2.46. The van der Waals surface area contributed by atoms with Crippen molar-refractivity contribution in [3.8, 4) is 11.1 Å². The standard InChI is InChI=1S/C25H28N10O3/c1-12(36)18-19(13-6-15-4-5-16(7-13)34(15)23(37)21-29-11-30-33-21)32-22-17(10-31-35(22)20(18)26)14-8-27-24(28-9-14)25(2,3)38/h8-11,13,15-16,38H,4-7,26H2,1-3H3,(H,29,30,33)/t13?,15-,16+. The number of aliphatic hydroxyl groups is 1. The fraction of sp³-hybridized carbons (Fsp3) is 0.440. The number of hydrogen-bond acceptors (Lipinski definition) is 10. The Labute approximate surface area is 217 Å². The fourth-order valence-corrected chi connectivity index (χ4v) is 5.84. The number of nitrogens with two attached hydrogens (primary N) is 1. The van der Waals surface area contributed by atoms with Crippen molar-refractivity contribution >= 4 is 23.2 Å². The van der Waals surface area contributed by atoms with Gasteiger partial charge in [0.15, 0.2) is 17.3 Å². The lowest BCUT2D eigenvalue weighted by molar-refractivity contribution is 0.0556. The van der Waals surface area contributed by atoms with Crippen LogP contribution in [0.5, 0.6) is 0 Å². The van der Waals surface area contributed by atoms with Crippen molar-refractivity contribution in [1.82, 2.24) is 44.6 Å². The van der Waals surface area contributed by atoms with Gasteiger partial charge in [0.05, 0.1) is 17.5 Å². The molecule has 2 bridgehead atoms. The number of carbonyl (C=O) groups excluding carboxylic acids is 2. The lowest BCUT2D eigenvalue weighted by atomic mass is 9.85. The van der Waals surface area contributed by atoms with Gasteiger partial charge in [-0.3, -0.25) is 14.7 Å². The van der Waals surface area contributed by atoms with E-state index >= 15 is 0 Å². The number of nitrogen functional groups attached to an aromatic ring is 1. The Morgan fingerprint density at radius 2 is 1.79 bits per heavy atom. The first-order chi connectivity index (χ1) is 18.1. The minimum absolute atomic E-state index is 0.00238. The summed E-state index contributed by atoms with van der Waals surface area (Å²) in [5, 5.41) is 21.1. The highest BCUT2D eigenvalue weighted by atomic mass is 16.3. The molecular weight excluding hydrogens is 488 g/mol. The van der Waals surface area contributed by atoms with Crippen LogP contribution in [-0.4, -0.2) is 73.5 Å². The molecule has 3 atom stereocenters. The number of rotatable bonds is 5. The van der Waals surface area contributed by atoms with Crippen LogP contribution in [0.3, 0.4) is 0 Å². The first kappa shape index (κ1) is 24.1. The molecule has 38 heavy (non-hydrogen) atoms. The molecule has 6 heterocycles. The van der Waals surface area contributed by atoms with E-state index in [1.807, 2.05) is 4.90 Å². The summed E-state index contributed by atoms with van der Waals surface area (Å²) in [5.74, 6) is 0.353. The summed E-state index contributed by atoms with van der Waals surface area (Å²) in [4.78, 5) is 45.4. The first-order valence-electron chi connectivity index (χ1n) is 12.5. The van der Waals surface area contributed by atoms with E-state index in [9.17, 15) is 14.7 Å². The zero-order valence-electron chi connectivity index (χ0n) is 21.3. The molecule has 0 saturated carbocycles. The van der Waals surface area contributed by atoms with Gasteiger partial charge in [0, 0.05) is 41.5 Å². The van der Waals surface area contributed by atoms with Gasteiger partial charge in [-0.1, -0.05) is 0 Å². The van der Waals surface area contributed by atoms with Crippen LogP contribution >= 0.6 is 0 Å². The van der Waals surface area contributed by atoms with Gasteiger partial charge in [0.25, 0.3) is 5.91 Å². The molecule has 1 amide bonds. The van der Waals surface area contributed by atoms with Gasteiger partial charge in [-0.05, 0) is 46.5 Å². The Bertz CT molecular complexity index is 1520. The predicted molar refractivity (Wildman–Crippen MR) is 135 cm³/mol. The summed E-state index contributed by atoms with van der Waals surface area (Å²) < 4.78 is 1.47. The van der Waals surface area contributed by atoms with Crippen LogP contribution in [-0.2, 0) is 5.60 Å². The summed E-state index contributed by atoms with van der Waals surface area (Å²) in [7, 11) is 0. The van der Waals surface area contributed by atoms with Gasteiger partial charge in [-0.2, -0.15) is 14.7 Å². The van der Waals surface area contributed by atoms with Crippen LogP contribution in [0.4, 0.5) is 5.82 Å². The molecule has 1 unspecified atom stereocenters. The highest BCUT2D eigenvalue weighted by molar-refractivity contribution is 6.00. The van der Waals surface area contributed by atoms with Crippen LogP contribution in [0.25, 0.3) is 16.8 Å². The second kappa shape index (κ2) is 8.65. The van der Waals surface area contributed by atoms with Crippen molar-refractivity contribution in [1.29, 1.82) is 0 Å². The smallest absolute Gasteiger partial charge is 0.291 e. The maximum Gasteiger partial charge on any atom is 0.291 e. The summed E-state index contributed by atoms with van der Waals surface area (Å²) in [6, 6.07) is 0.00476. The summed E-state index contributed by atoms with van der Waals surface area (Å²) in [6.45, 7) is 4.72. The number of carbonyl (C=O) groups is 2. The quantitative estimate of drug-likeness (QED) is 0.331. The monoisotopic (exact) mass is 516 g/mol. The molecule has 4 N–H and O–H groups in total. The van der Waals surface area contributed by atoms with Crippen molar-refractivity contribution < 1.29 is 14.7 Å². The first-order valence-corrected chi connectivity index (χ1v) is 12.5. The third-order valence-corrected chi connectivity index (χ3v) is 7.54. The van der Waals surface area contributed by atoms with Crippen molar-refractivity contribution in [2.75, 3.05) is 5.73 Å². The molecule has 6 rings (SSSR count). The highest BCUT2D eigenvalue weighted by Gasteiger charge is 2.45. The predicted octanol–water partition coefficient (Wildman–Crippen LogP) is 1.87. The van der Waals surface area contributed by atoms with Gasteiger partial charge in [0.1, 0.15) is 17.7 Å². The lowest BCUT2D eigenvalue weighted by Gasteiger charge is -2.38. The number of amides is 1. The second-order valence-corrected chi connectivity index (χ2v) is 10.6. The van der Waals surface area contributed by atoms with E-state index in [0.717, 1.165) is 12.8 Å². The maximum absolute atomic E-state index is 13.1. The number of nitrogens with one attached hydrogen (secondary N) is 1. The number of Topliss-reactive ketones (excluding diaryl/α,β-unsaturated/α-hetero) is 1. The van der Waals surface area contributed by atoms with Crippen LogP contribution in [0.15, 0.2) is 24.9 Å². The van der Waals surface area contributed by atoms with Crippen LogP contribution < -0.4 is 5.73 Å².